The Labute approximate surface area is 293 Å². The average molecular weight is 692 g/mol. The first kappa shape index (κ1) is 35.0. The third-order valence-electron chi connectivity index (χ3n) is 8.96. The monoisotopic (exact) mass is 691 g/mol. The summed E-state index contributed by atoms with van der Waals surface area (Å²) < 4.78 is 23.4. The summed E-state index contributed by atoms with van der Waals surface area (Å²) >= 11 is 7.06. The number of hydrogen-bond donors (Lipinski definition) is 0. The second-order valence-electron chi connectivity index (χ2n) is 15.2. The smallest absolute Gasteiger partial charge is 0.410 e. The molecular weight excluding hydrogens is 646 g/mol. The first-order valence-electron chi connectivity index (χ1n) is 17.0. The van der Waals surface area contributed by atoms with Crippen molar-refractivity contribution >= 4 is 46.0 Å². The van der Waals surface area contributed by atoms with Crippen LogP contribution in [-0.4, -0.2) is 92.0 Å². The zero-order chi connectivity index (χ0) is 35.1. The highest BCUT2D eigenvalue weighted by molar-refractivity contribution is 6.34. The molecule has 0 bridgehead atoms. The normalized spacial score (nSPS) is 18.9. The minimum atomic E-state index is -0.692. The van der Waals surface area contributed by atoms with Gasteiger partial charge in [-0.05, 0) is 82.1 Å². The quantitative estimate of drug-likeness (QED) is 0.197. The highest BCUT2D eigenvalue weighted by atomic mass is 35.5. The Bertz CT molecular complexity index is 1740. The Morgan fingerprint density at radius 3 is 2.37 bits per heavy atom. The van der Waals surface area contributed by atoms with Gasteiger partial charge in [0.15, 0.2) is 6.10 Å². The van der Waals surface area contributed by atoms with Gasteiger partial charge in [-0.3, -0.25) is 14.5 Å². The van der Waals surface area contributed by atoms with E-state index in [2.05, 4.69) is 4.90 Å². The van der Waals surface area contributed by atoms with Crippen LogP contribution in [0.25, 0.3) is 21.9 Å². The molecule has 0 aromatic heterocycles. The van der Waals surface area contributed by atoms with Gasteiger partial charge in [0, 0.05) is 57.2 Å². The van der Waals surface area contributed by atoms with Crippen LogP contribution in [0.1, 0.15) is 48.0 Å². The van der Waals surface area contributed by atoms with E-state index in [1.54, 1.807) is 15.9 Å². The minimum Gasteiger partial charge on any atom is -0.478 e. The third-order valence-corrected chi connectivity index (χ3v) is 9.27. The lowest BCUT2D eigenvalue weighted by atomic mass is 9.95. The summed E-state index contributed by atoms with van der Waals surface area (Å²) in [5.74, 6) is 0.575. The second-order valence-corrected chi connectivity index (χ2v) is 15.6. The number of fused-ring (bicyclic) bond motifs is 2. The van der Waals surface area contributed by atoms with Crippen LogP contribution >= 0.6 is 11.6 Å². The van der Waals surface area contributed by atoms with E-state index in [4.69, 9.17) is 30.5 Å². The molecule has 2 saturated heterocycles. The van der Waals surface area contributed by atoms with E-state index in [0.717, 1.165) is 29.4 Å². The van der Waals surface area contributed by atoms with E-state index in [1.165, 1.54) is 0 Å². The Kier molecular flexibility index (Phi) is 9.86. The van der Waals surface area contributed by atoms with Crippen LogP contribution < -0.4 is 14.4 Å². The predicted molar refractivity (Wildman–Crippen MR) is 189 cm³/mol. The molecule has 0 spiro atoms. The molecular formula is C38H46ClN3O7. The maximum Gasteiger partial charge on any atom is 0.410 e. The van der Waals surface area contributed by atoms with Crippen molar-refractivity contribution < 1.29 is 33.3 Å². The van der Waals surface area contributed by atoms with Gasteiger partial charge in [0.2, 0.25) is 0 Å². The van der Waals surface area contributed by atoms with E-state index < -0.39 is 17.1 Å². The number of anilines is 1. The molecule has 3 aromatic carbocycles. The zero-order valence-corrected chi connectivity index (χ0v) is 30.0. The number of carbonyl (C=O) groups excluding carboxylic acids is 3. The van der Waals surface area contributed by atoms with E-state index in [0.29, 0.717) is 73.6 Å². The number of benzene rings is 3. The van der Waals surface area contributed by atoms with Gasteiger partial charge in [0.05, 0.1) is 29.3 Å². The van der Waals surface area contributed by atoms with Crippen LogP contribution in [0.4, 0.5) is 10.5 Å². The van der Waals surface area contributed by atoms with Crippen LogP contribution in [0.5, 0.6) is 11.5 Å². The summed E-state index contributed by atoms with van der Waals surface area (Å²) in [6.45, 7) is 16.0. The highest BCUT2D eigenvalue weighted by Gasteiger charge is 2.41. The Balaban J connectivity index is 1.32. The Morgan fingerprint density at radius 1 is 0.959 bits per heavy atom. The van der Waals surface area contributed by atoms with Gasteiger partial charge in [0.1, 0.15) is 17.1 Å². The summed E-state index contributed by atoms with van der Waals surface area (Å²) in [4.78, 5) is 45.3. The minimum absolute atomic E-state index is 0.0684. The molecule has 2 fully saturated rings. The molecule has 2 amide bonds. The number of amides is 2. The number of carbonyl (C=O) groups is 3. The fourth-order valence-corrected chi connectivity index (χ4v) is 6.55. The van der Waals surface area contributed by atoms with E-state index in [1.807, 2.05) is 84.0 Å². The lowest BCUT2D eigenvalue weighted by molar-refractivity contribution is -0.143. The average Bonchev–Trinajstić information content (AvgIpc) is 3.01. The first-order chi connectivity index (χ1) is 23.2. The van der Waals surface area contributed by atoms with Gasteiger partial charge in [-0.15, -0.1) is 0 Å². The Morgan fingerprint density at radius 2 is 1.67 bits per heavy atom. The predicted octanol–water partition coefficient (Wildman–Crippen LogP) is 6.79. The molecule has 0 unspecified atom stereocenters. The van der Waals surface area contributed by atoms with Crippen LogP contribution in [0, 0.1) is 11.3 Å². The maximum atomic E-state index is 14.1. The van der Waals surface area contributed by atoms with Crippen molar-refractivity contribution in [3.05, 3.63) is 53.6 Å². The molecule has 0 N–H and O–H groups in total. The highest BCUT2D eigenvalue weighted by Crippen LogP contribution is 2.45. The standard InChI is InChI=1S/C38H46ClN3O7/c1-37(2,3)35(44)47-26-17-25-9-7-8-10-27(25)28(18-26)29-19-33-31(20-30(29)39)42(23-24-21-41(22-24)36(45)49-38(4,5)6)34(43)32(48-33)11-12-40-13-15-46-16-14-40/h7-10,17-20,24,32H,11-16,21-23H2,1-6H3/t32-/m0/s1. The lowest BCUT2D eigenvalue weighted by Crippen LogP contribution is -2.57. The van der Waals surface area contributed by atoms with E-state index >= 15 is 0 Å². The molecule has 49 heavy (non-hydrogen) atoms. The first-order valence-corrected chi connectivity index (χ1v) is 17.4. The van der Waals surface area contributed by atoms with Gasteiger partial charge < -0.3 is 28.7 Å². The van der Waals surface area contributed by atoms with Crippen molar-refractivity contribution in [1.82, 2.24) is 9.80 Å². The Hall–Kier alpha value is -3.86. The molecule has 3 aliphatic heterocycles. The van der Waals surface area contributed by atoms with Gasteiger partial charge in [-0.1, -0.05) is 35.9 Å². The molecule has 3 aliphatic rings. The molecule has 0 aliphatic carbocycles. The molecule has 262 valence electrons. The van der Waals surface area contributed by atoms with Crippen molar-refractivity contribution in [2.45, 2.75) is 59.7 Å². The summed E-state index contributed by atoms with van der Waals surface area (Å²) in [7, 11) is 0. The van der Waals surface area contributed by atoms with Gasteiger partial charge >= 0.3 is 12.1 Å². The molecule has 3 heterocycles. The summed E-state index contributed by atoms with van der Waals surface area (Å²) in [5.41, 5.74) is 0.817. The van der Waals surface area contributed by atoms with Gasteiger partial charge in [0.25, 0.3) is 5.91 Å². The van der Waals surface area contributed by atoms with Crippen LogP contribution in [-0.2, 0) is 19.1 Å². The van der Waals surface area contributed by atoms with Gasteiger partial charge in [-0.2, -0.15) is 0 Å². The van der Waals surface area contributed by atoms with Crippen LogP contribution in [0.3, 0.4) is 0 Å². The SMILES string of the molecule is CC(C)(C)OC(=O)N1CC(CN2C(=O)[C@H](CCN3CCOCC3)Oc3cc(-c4cc(OC(=O)C(C)(C)C)cc5ccccc45)c(Cl)cc32)C1. The van der Waals surface area contributed by atoms with Crippen molar-refractivity contribution in [3.8, 4) is 22.6 Å². The lowest BCUT2D eigenvalue weighted by Gasteiger charge is -2.43. The zero-order valence-electron chi connectivity index (χ0n) is 29.2. The number of likely N-dealkylation sites (tertiary alicyclic amines) is 1. The number of esters is 1. The molecule has 10 nitrogen and oxygen atoms in total. The number of halogens is 1. The van der Waals surface area contributed by atoms with E-state index in [-0.39, 0.29) is 23.9 Å². The maximum absolute atomic E-state index is 14.1. The summed E-state index contributed by atoms with van der Waals surface area (Å²) in [5, 5.41) is 2.26. The van der Waals surface area contributed by atoms with E-state index in [9.17, 15) is 14.4 Å². The fourth-order valence-electron chi connectivity index (χ4n) is 6.29. The van der Waals surface area contributed by atoms with Crippen molar-refractivity contribution in [2.75, 3.05) is 57.4 Å². The summed E-state index contributed by atoms with van der Waals surface area (Å²) in [6.07, 6.45) is -0.527. The molecule has 6 rings (SSSR count). The molecule has 11 heteroatoms. The third kappa shape index (κ3) is 7.97. The second kappa shape index (κ2) is 13.8. The van der Waals surface area contributed by atoms with Gasteiger partial charge in [-0.25, -0.2) is 4.79 Å². The van der Waals surface area contributed by atoms with Crippen molar-refractivity contribution in [3.63, 3.8) is 0 Å². The number of rotatable bonds is 7. The fraction of sp³-hybridized carbons (Fsp3) is 0.500. The van der Waals surface area contributed by atoms with Crippen LogP contribution in [0.2, 0.25) is 5.02 Å². The molecule has 1 atom stereocenters. The molecule has 3 aromatic rings. The van der Waals surface area contributed by atoms with Crippen molar-refractivity contribution in [1.29, 1.82) is 0 Å². The number of hydrogen-bond acceptors (Lipinski definition) is 8. The largest absolute Gasteiger partial charge is 0.478 e. The van der Waals surface area contributed by atoms with Crippen LogP contribution in [0.15, 0.2) is 48.5 Å². The molecule has 0 radical (unpaired) electrons. The number of morpholine rings is 1. The van der Waals surface area contributed by atoms with Crippen molar-refractivity contribution in [2.24, 2.45) is 11.3 Å². The molecule has 0 saturated carbocycles. The summed E-state index contributed by atoms with van der Waals surface area (Å²) in [6, 6.07) is 15.2. The number of nitrogens with zero attached hydrogens (tertiary/aromatic N) is 3. The number of ether oxygens (including phenoxy) is 4. The topological polar surface area (TPSA) is 97.9 Å².